The summed E-state index contributed by atoms with van der Waals surface area (Å²) in [6, 6.07) is 1.63. The highest BCUT2D eigenvalue weighted by Gasteiger charge is 2.29. The van der Waals surface area contributed by atoms with E-state index in [1.807, 2.05) is 27.7 Å². The summed E-state index contributed by atoms with van der Waals surface area (Å²) >= 11 is 0. The molecule has 0 fully saturated rings. The van der Waals surface area contributed by atoms with Crippen LogP contribution in [-0.4, -0.2) is 29.4 Å². The molecule has 0 radical (unpaired) electrons. The Hall–Kier alpha value is -1.37. The van der Waals surface area contributed by atoms with Crippen LogP contribution in [0.15, 0.2) is 6.07 Å². The van der Waals surface area contributed by atoms with Gasteiger partial charge in [-0.15, -0.1) is 0 Å². The third kappa shape index (κ3) is 4.06. The lowest BCUT2D eigenvalue weighted by molar-refractivity contribution is 0.0975. The Balaban J connectivity index is 2.98. The first kappa shape index (κ1) is 17.7. The van der Waals surface area contributed by atoms with E-state index < -0.39 is 21.2 Å². The Labute approximate surface area is 127 Å². The topological polar surface area (TPSA) is 81.1 Å². The van der Waals surface area contributed by atoms with Crippen molar-refractivity contribution in [2.45, 2.75) is 52.2 Å². The van der Waals surface area contributed by atoms with Gasteiger partial charge in [-0.2, -0.15) is 5.10 Å². The summed E-state index contributed by atoms with van der Waals surface area (Å²) in [7, 11) is -1.95. The molecule has 0 bridgehead atoms. The molecule has 0 aliphatic rings. The third-order valence-corrected chi connectivity index (χ3v) is 5.66. The van der Waals surface area contributed by atoms with Crippen molar-refractivity contribution >= 4 is 15.9 Å². The number of carbonyl (C=O) groups is 1. The zero-order chi connectivity index (χ0) is 16.4. The molecule has 0 aliphatic carbocycles. The monoisotopic (exact) mass is 315 g/mol. The molecule has 21 heavy (non-hydrogen) atoms. The van der Waals surface area contributed by atoms with Crippen LogP contribution in [0.4, 0.5) is 0 Å². The van der Waals surface area contributed by atoms with Crippen LogP contribution in [-0.2, 0) is 17.1 Å². The van der Waals surface area contributed by atoms with Crippen molar-refractivity contribution in [2.24, 2.45) is 13.0 Å². The highest BCUT2D eigenvalue weighted by molar-refractivity contribution is 7.90. The highest BCUT2D eigenvalue weighted by atomic mass is 32.2. The average molecular weight is 315 g/mol. The minimum atomic E-state index is -3.69. The van der Waals surface area contributed by atoms with Gasteiger partial charge in [0, 0.05) is 12.7 Å². The summed E-state index contributed by atoms with van der Waals surface area (Å²) in [4.78, 5) is 12.1. The van der Waals surface area contributed by atoms with E-state index in [2.05, 4.69) is 9.82 Å². The Bertz CT molecular complexity index is 603. The van der Waals surface area contributed by atoms with E-state index in [0.717, 1.165) is 5.69 Å². The minimum absolute atomic E-state index is 0.0599. The fourth-order valence-corrected chi connectivity index (χ4v) is 4.11. The van der Waals surface area contributed by atoms with Gasteiger partial charge in [0.05, 0.1) is 5.25 Å². The van der Waals surface area contributed by atoms with E-state index in [0.29, 0.717) is 6.42 Å². The van der Waals surface area contributed by atoms with Gasteiger partial charge in [-0.25, -0.2) is 13.1 Å². The molecule has 7 heteroatoms. The summed E-state index contributed by atoms with van der Waals surface area (Å²) in [5.74, 6) is -0.522. The van der Waals surface area contributed by atoms with Gasteiger partial charge in [0.25, 0.3) is 5.91 Å². The number of amides is 1. The van der Waals surface area contributed by atoms with E-state index >= 15 is 0 Å². The van der Waals surface area contributed by atoms with Crippen LogP contribution in [0.5, 0.6) is 0 Å². The fourth-order valence-electron chi connectivity index (χ4n) is 2.44. The second-order valence-electron chi connectivity index (χ2n) is 5.90. The molecule has 0 saturated carbocycles. The van der Waals surface area contributed by atoms with Gasteiger partial charge < -0.3 is 0 Å². The number of hydrogen-bond acceptors (Lipinski definition) is 4. The van der Waals surface area contributed by atoms with Gasteiger partial charge in [0.2, 0.25) is 10.0 Å². The van der Waals surface area contributed by atoms with E-state index in [1.54, 1.807) is 24.7 Å². The molecule has 120 valence electrons. The first-order valence-electron chi connectivity index (χ1n) is 7.20. The molecule has 0 aliphatic heterocycles. The standard InChI is InChI=1S/C14H25N3O3S/c1-7-13(10(4)5)21(19,20)16-14(18)11-8-12(9(2)3)17(6)15-11/h8-10,13H,7H2,1-6H3,(H,16,18). The molecular weight excluding hydrogens is 290 g/mol. The summed E-state index contributed by atoms with van der Waals surface area (Å²) < 4.78 is 28.2. The number of sulfonamides is 1. The van der Waals surface area contributed by atoms with Crippen LogP contribution in [0, 0.1) is 5.92 Å². The number of aromatic nitrogens is 2. The second kappa shape index (κ2) is 6.60. The predicted molar refractivity (Wildman–Crippen MR) is 82.6 cm³/mol. The van der Waals surface area contributed by atoms with Gasteiger partial charge in [-0.3, -0.25) is 9.48 Å². The summed E-state index contributed by atoms with van der Waals surface area (Å²) in [6.45, 7) is 9.43. The maximum absolute atomic E-state index is 12.2. The quantitative estimate of drug-likeness (QED) is 0.871. The zero-order valence-electron chi connectivity index (χ0n) is 13.5. The van der Waals surface area contributed by atoms with Crippen molar-refractivity contribution in [1.29, 1.82) is 0 Å². The van der Waals surface area contributed by atoms with Crippen molar-refractivity contribution in [3.63, 3.8) is 0 Å². The van der Waals surface area contributed by atoms with Crippen molar-refractivity contribution in [3.05, 3.63) is 17.5 Å². The van der Waals surface area contributed by atoms with Crippen LogP contribution in [0.2, 0.25) is 0 Å². The number of aryl methyl sites for hydroxylation is 1. The van der Waals surface area contributed by atoms with Crippen molar-refractivity contribution < 1.29 is 13.2 Å². The molecule has 0 spiro atoms. The van der Waals surface area contributed by atoms with E-state index in [4.69, 9.17) is 0 Å². The van der Waals surface area contributed by atoms with E-state index in [1.165, 1.54) is 0 Å². The molecule has 1 unspecified atom stereocenters. The molecule has 6 nitrogen and oxygen atoms in total. The Morgan fingerprint density at radius 3 is 2.29 bits per heavy atom. The number of carbonyl (C=O) groups excluding carboxylic acids is 1. The van der Waals surface area contributed by atoms with Crippen molar-refractivity contribution in [3.8, 4) is 0 Å². The molecule has 1 N–H and O–H groups in total. The van der Waals surface area contributed by atoms with Crippen LogP contribution < -0.4 is 4.72 Å². The normalized spacial score (nSPS) is 13.7. The molecular formula is C14H25N3O3S. The molecule has 1 heterocycles. The Kier molecular flexibility index (Phi) is 5.55. The van der Waals surface area contributed by atoms with Crippen molar-refractivity contribution in [1.82, 2.24) is 14.5 Å². The van der Waals surface area contributed by atoms with Crippen LogP contribution in [0.3, 0.4) is 0 Å². The lowest BCUT2D eigenvalue weighted by atomic mass is 10.1. The third-order valence-electron chi connectivity index (χ3n) is 3.52. The van der Waals surface area contributed by atoms with Crippen LogP contribution >= 0.6 is 0 Å². The van der Waals surface area contributed by atoms with Crippen molar-refractivity contribution in [2.75, 3.05) is 0 Å². The molecule has 1 amide bonds. The van der Waals surface area contributed by atoms with Crippen LogP contribution in [0.25, 0.3) is 0 Å². The molecule has 0 saturated heterocycles. The Morgan fingerprint density at radius 1 is 1.33 bits per heavy atom. The van der Waals surface area contributed by atoms with Gasteiger partial charge in [0.1, 0.15) is 0 Å². The summed E-state index contributed by atoms with van der Waals surface area (Å²) in [6.07, 6.45) is 0.458. The largest absolute Gasteiger partial charge is 0.285 e. The van der Waals surface area contributed by atoms with E-state index in [9.17, 15) is 13.2 Å². The second-order valence-corrected chi connectivity index (χ2v) is 7.80. The molecule has 1 atom stereocenters. The van der Waals surface area contributed by atoms with Gasteiger partial charge in [-0.1, -0.05) is 34.6 Å². The minimum Gasteiger partial charge on any atom is -0.272 e. The first-order chi connectivity index (χ1) is 9.60. The highest BCUT2D eigenvalue weighted by Crippen LogP contribution is 2.17. The number of rotatable bonds is 6. The first-order valence-corrected chi connectivity index (χ1v) is 8.74. The van der Waals surface area contributed by atoms with Gasteiger partial charge in [0.15, 0.2) is 5.69 Å². The zero-order valence-corrected chi connectivity index (χ0v) is 14.4. The predicted octanol–water partition coefficient (Wildman–Crippen LogP) is 2.04. The number of nitrogens with zero attached hydrogens (tertiary/aromatic N) is 2. The maximum Gasteiger partial charge on any atom is 0.285 e. The lowest BCUT2D eigenvalue weighted by Gasteiger charge is -2.19. The van der Waals surface area contributed by atoms with Gasteiger partial charge in [-0.05, 0) is 24.3 Å². The molecule has 1 rings (SSSR count). The Morgan fingerprint density at radius 2 is 1.90 bits per heavy atom. The summed E-state index contributed by atoms with van der Waals surface area (Å²) in [5.41, 5.74) is 1.01. The molecule has 1 aromatic rings. The van der Waals surface area contributed by atoms with E-state index in [-0.39, 0.29) is 17.5 Å². The molecule has 1 aromatic heterocycles. The average Bonchev–Trinajstić information content (AvgIpc) is 2.70. The fraction of sp³-hybridized carbons (Fsp3) is 0.714. The SMILES string of the molecule is CCC(C(C)C)S(=O)(=O)NC(=O)c1cc(C(C)C)n(C)n1. The van der Waals surface area contributed by atoms with Crippen LogP contribution in [0.1, 0.15) is 63.1 Å². The maximum atomic E-state index is 12.2. The smallest absolute Gasteiger partial charge is 0.272 e. The molecule has 0 aromatic carbocycles. The number of nitrogens with one attached hydrogen (secondary N) is 1. The lowest BCUT2D eigenvalue weighted by Crippen LogP contribution is -2.40. The number of hydrogen-bond donors (Lipinski definition) is 1. The van der Waals surface area contributed by atoms with Gasteiger partial charge >= 0.3 is 0 Å². The summed E-state index contributed by atoms with van der Waals surface area (Å²) in [5, 5.41) is 3.50.